The van der Waals surface area contributed by atoms with Gasteiger partial charge in [-0.1, -0.05) is 54.1 Å². The Morgan fingerprint density at radius 1 is 0.900 bits per heavy atom. The molecule has 2 saturated heterocycles. The predicted molar refractivity (Wildman–Crippen MR) is 115 cm³/mol. The first-order valence-corrected chi connectivity index (χ1v) is 11.0. The van der Waals surface area contributed by atoms with E-state index in [0.717, 1.165) is 12.0 Å². The van der Waals surface area contributed by atoms with Gasteiger partial charge in [-0.2, -0.15) is 0 Å². The van der Waals surface area contributed by atoms with E-state index in [1.54, 1.807) is 0 Å². The highest BCUT2D eigenvalue weighted by atomic mass is 35.5. The van der Waals surface area contributed by atoms with E-state index in [1.807, 2.05) is 56.3 Å². The van der Waals surface area contributed by atoms with Gasteiger partial charge in [0, 0.05) is 30.2 Å². The maximum absolute atomic E-state index is 6.46. The number of hydrogen-bond acceptors (Lipinski definition) is 5. The molecule has 4 rings (SSSR count). The van der Waals surface area contributed by atoms with Gasteiger partial charge in [-0.15, -0.1) is 0 Å². The number of rotatable bonds is 7. The molecule has 0 radical (unpaired) electrons. The van der Waals surface area contributed by atoms with Crippen molar-refractivity contribution in [2.75, 3.05) is 19.8 Å². The summed E-state index contributed by atoms with van der Waals surface area (Å²) in [6.07, 6.45) is -0.814. The van der Waals surface area contributed by atoms with Crippen LogP contribution in [0.1, 0.15) is 31.3 Å². The zero-order valence-corrected chi connectivity index (χ0v) is 18.2. The first-order chi connectivity index (χ1) is 14.7. The molecule has 0 N–H and O–H groups in total. The Morgan fingerprint density at radius 2 is 1.60 bits per heavy atom. The van der Waals surface area contributed by atoms with Crippen molar-refractivity contribution < 1.29 is 23.7 Å². The first-order valence-electron chi connectivity index (χ1n) is 10.6. The Bertz CT molecular complexity index is 784. The fourth-order valence-electron chi connectivity index (χ4n) is 4.23. The lowest BCUT2D eigenvalue weighted by Gasteiger charge is -2.49. The highest BCUT2D eigenvalue weighted by Gasteiger charge is 2.50. The van der Waals surface area contributed by atoms with Crippen LogP contribution in [-0.2, 0) is 30.1 Å². The smallest absolute Gasteiger partial charge is 0.184 e. The number of hydrogen-bond donors (Lipinski definition) is 0. The van der Waals surface area contributed by atoms with E-state index in [0.29, 0.717) is 24.8 Å². The maximum atomic E-state index is 6.46. The highest BCUT2D eigenvalue weighted by Crippen LogP contribution is 2.37. The Hall–Kier alpha value is -1.47. The second-order valence-electron chi connectivity index (χ2n) is 7.56. The van der Waals surface area contributed by atoms with Gasteiger partial charge in [0.1, 0.15) is 24.4 Å². The predicted octanol–water partition coefficient (Wildman–Crippen LogP) is 4.57. The zero-order chi connectivity index (χ0) is 20.9. The normalized spacial score (nSPS) is 31.3. The average molecular weight is 433 g/mol. The molecule has 5 nitrogen and oxygen atoms in total. The molecular formula is C24H29ClO5. The van der Waals surface area contributed by atoms with E-state index < -0.39 is 6.29 Å². The Kier molecular flexibility index (Phi) is 7.41. The van der Waals surface area contributed by atoms with Crippen LogP contribution < -0.4 is 0 Å². The number of ether oxygens (including phenoxy) is 5. The van der Waals surface area contributed by atoms with E-state index in [1.165, 1.54) is 5.56 Å². The summed E-state index contributed by atoms with van der Waals surface area (Å²) in [5, 5.41) is 0.681. The Morgan fingerprint density at radius 3 is 2.30 bits per heavy atom. The molecular weight excluding hydrogens is 404 g/mol. The summed E-state index contributed by atoms with van der Waals surface area (Å²) in [5.74, 6) is 0. The fourth-order valence-corrected chi connectivity index (χ4v) is 4.36. The standard InChI is InChI=1S/C24H29ClO5/c1-3-26-21-19(14-16-8-6-5-7-9-16)29-20-15-28-24(17-10-12-18(25)13-11-17)30-22(20)23(21)27-4-2/h5-13,19-24H,3-4,14-15H2,1-2H3/t19-,20+,21-,22+,23+,24?/m0/s1. The molecule has 0 aliphatic carbocycles. The summed E-state index contributed by atoms with van der Waals surface area (Å²) < 4.78 is 31.2. The van der Waals surface area contributed by atoms with Crippen LogP contribution in [0.4, 0.5) is 0 Å². The summed E-state index contributed by atoms with van der Waals surface area (Å²) in [6.45, 7) is 5.58. The number of halogens is 1. The lowest BCUT2D eigenvalue weighted by Crippen LogP contribution is -2.63. The minimum atomic E-state index is -0.483. The molecule has 2 aromatic rings. The summed E-state index contributed by atoms with van der Waals surface area (Å²) in [6, 6.07) is 17.8. The van der Waals surface area contributed by atoms with Crippen LogP contribution in [0.25, 0.3) is 0 Å². The van der Waals surface area contributed by atoms with E-state index in [2.05, 4.69) is 12.1 Å². The van der Waals surface area contributed by atoms with Crippen LogP contribution in [0.5, 0.6) is 0 Å². The Balaban J connectivity index is 1.55. The van der Waals surface area contributed by atoms with Gasteiger partial charge in [-0.3, -0.25) is 0 Å². The number of fused-ring (bicyclic) bond motifs is 1. The largest absolute Gasteiger partial charge is 0.373 e. The maximum Gasteiger partial charge on any atom is 0.184 e. The van der Waals surface area contributed by atoms with Crippen molar-refractivity contribution in [2.24, 2.45) is 0 Å². The molecule has 0 bridgehead atoms. The zero-order valence-electron chi connectivity index (χ0n) is 17.4. The molecule has 0 amide bonds. The SMILES string of the molecule is CCO[C@@H]1[C@@H](OCC)[C@H](Cc2ccccc2)O[C@@H]2COC(c3ccc(Cl)cc3)O[C@@H]12. The van der Waals surface area contributed by atoms with E-state index >= 15 is 0 Å². The van der Waals surface area contributed by atoms with Crippen molar-refractivity contribution in [2.45, 2.75) is 57.1 Å². The topological polar surface area (TPSA) is 46.2 Å². The lowest BCUT2D eigenvalue weighted by atomic mass is 9.90. The van der Waals surface area contributed by atoms with Crippen molar-refractivity contribution >= 4 is 11.6 Å². The molecule has 2 fully saturated rings. The van der Waals surface area contributed by atoms with Gasteiger partial charge in [0.25, 0.3) is 0 Å². The van der Waals surface area contributed by atoms with Crippen molar-refractivity contribution in [1.82, 2.24) is 0 Å². The van der Waals surface area contributed by atoms with Crippen molar-refractivity contribution in [1.29, 1.82) is 0 Å². The van der Waals surface area contributed by atoms with Gasteiger partial charge >= 0.3 is 0 Å². The molecule has 6 heteroatoms. The summed E-state index contributed by atoms with van der Waals surface area (Å²) in [4.78, 5) is 0. The fraction of sp³-hybridized carbons (Fsp3) is 0.500. The first kappa shape index (κ1) is 21.8. The van der Waals surface area contributed by atoms with Gasteiger partial charge in [0.2, 0.25) is 0 Å². The van der Waals surface area contributed by atoms with Gasteiger partial charge in [-0.05, 0) is 31.5 Å². The van der Waals surface area contributed by atoms with E-state index in [9.17, 15) is 0 Å². The van der Waals surface area contributed by atoms with E-state index in [-0.39, 0.29) is 30.5 Å². The molecule has 1 unspecified atom stereocenters. The van der Waals surface area contributed by atoms with Crippen LogP contribution >= 0.6 is 11.6 Å². The second kappa shape index (κ2) is 10.2. The molecule has 0 saturated carbocycles. The van der Waals surface area contributed by atoms with Gasteiger partial charge in [0.15, 0.2) is 6.29 Å². The number of benzene rings is 2. The molecule has 6 atom stereocenters. The minimum absolute atomic E-state index is 0.135. The summed E-state index contributed by atoms with van der Waals surface area (Å²) in [7, 11) is 0. The third kappa shape index (κ3) is 4.88. The second-order valence-corrected chi connectivity index (χ2v) is 8.00. The van der Waals surface area contributed by atoms with Crippen molar-refractivity contribution in [3.8, 4) is 0 Å². The van der Waals surface area contributed by atoms with E-state index in [4.69, 9.17) is 35.3 Å². The summed E-state index contributed by atoms with van der Waals surface area (Å²) in [5.41, 5.74) is 2.13. The van der Waals surface area contributed by atoms with Crippen LogP contribution in [0, 0.1) is 0 Å². The molecule has 2 heterocycles. The van der Waals surface area contributed by atoms with Crippen molar-refractivity contribution in [3.63, 3.8) is 0 Å². The highest BCUT2D eigenvalue weighted by molar-refractivity contribution is 6.30. The van der Waals surface area contributed by atoms with Crippen LogP contribution in [0.2, 0.25) is 5.02 Å². The summed E-state index contributed by atoms with van der Waals surface area (Å²) >= 11 is 6.02. The van der Waals surface area contributed by atoms with Gasteiger partial charge in [0.05, 0.1) is 12.7 Å². The average Bonchev–Trinajstić information content (AvgIpc) is 2.77. The lowest BCUT2D eigenvalue weighted by molar-refractivity contribution is -0.336. The van der Waals surface area contributed by atoms with Crippen LogP contribution in [0.3, 0.4) is 0 Å². The van der Waals surface area contributed by atoms with Crippen LogP contribution in [-0.4, -0.2) is 50.3 Å². The molecule has 0 spiro atoms. The van der Waals surface area contributed by atoms with Gasteiger partial charge in [-0.25, -0.2) is 0 Å². The van der Waals surface area contributed by atoms with Crippen LogP contribution in [0.15, 0.2) is 54.6 Å². The molecule has 162 valence electrons. The Labute approximate surface area is 183 Å². The molecule has 2 aliphatic rings. The quantitative estimate of drug-likeness (QED) is 0.641. The monoisotopic (exact) mass is 432 g/mol. The van der Waals surface area contributed by atoms with Crippen molar-refractivity contribution in [3.05, 3.63) is 70.7 Å². The molecule has 2 aliphatic heterocycles. The molecule has 0 aromatic heterocycles. The minimum Gasteiger partial charge on any atom is -0.373 e. The third-order valence-electron chi connectivity index (χ3n) is 5.56. The molecule has 2 aromatic carbocycles. The van der Waals surface area contributed by atoms with Gasteiger partial charge < -0.3 is 23.7 Å². The molecule has 30 heavy (non-hydrogen) atoms. The third-order valence-corrected chi connectivity index (χ3v) is 5.81.